The van der Waals surface area contributed by atoms with E-state index < -0.39 is 0 Å². The quantitative estimate of drug-likeness (QED) is 0.505. The summed E-state index contributed by atoms with van der Waals surface area (Å²) in [6.07, 6.45) is 2.06. The van der Waals surface area contributed by atoms with Gasteiger partial charge in [-0.2, -0.15) is 0 Å². The molecule has 1 aliphatic rings. The fraction of sp³-hybridized carbons (Fsp3) is 0.0909. The molecule has 1 N–H and O–H groups in total. The zero-order valence-electron chi connectivity index (χ0n) is 14.0. The van der Waals surface area contributed by atoms with Gasteiger partial charge in [0.1, 0.15) is 5.76 Å². The summed E-state index contributed by atoms with van der Waals surface area (Å²) in [5.41, 5.74) is 4.57. The number of hydrogen-bond acceptors (Lipinski definition) is 2. The molecule has 0 amide bonds. The average molecular weight is 361 g/mol. The standard InChI is InChI=1S/C22H17ClN2O/c23-18-10-8-16(9-11-18)21-19-7-4-12-25(19)22-17(14-24-21)13-20(26-22)15-5-2-1-3-6-15/h1-13,21,24H,14H2. The van der Waals surface area contributed by atoms with Crippen LogP contribution in [0.4, 0.5) is 0 Å². The summed E-state index contributed by atoms with van der Waals surface area (Å²) in [7, 11) is 0. The summed E-state index contributed by atoms with van der Waals surface area (Å²) in [6.45, 7) is 0.737. The molecule has 4 aromatic rings. The maximum absolute atomic E-state index is 6.26. The van der Waals surface area contributed by atoms with Crippen molar-refractivity contribution < 1.29 is 4.42 Å². The molecule has 1 aliphatic heterocycles. The highest BCUT2D eigenvalue weighted by Crippen LogP contribution is 2.35. The van der Waals surface area contributed by atoms with Gasteiger partial charge in [0.2, 0.25) is 5.88 Å². The van der Waals surface area contributed by atoms with Crippen molar-refractivity contribution in [2.45, 2.75) is 12.6 Å². The van der Waals surface area contributed by atoms with Gasteiger partial charge in [0.15, 0.2) is 0 Å². The summed E-state index contributed by atoms with van der Waals surface area (Å²) in [5, 5.41) is 4.40. The number of nitrogens with one attached hydrogen (secondary N) is 1. The van der Waals surface area contributed by atoms with Crippen molar-refractivity contribution >= 4 is 11.6 Å². The molecule has 1 unspecified atom stereocenters. The van der Waals surface area contributed by atoms with E-state index in [0.29, 0.717) is 0 Å². The summed E-state index contributed by atoms with van der Waals surface area (Å²) >= 11 is 6.05. The van der Waals surface area contributed by atoms with Crippen LogP contribution in [-0.2, 0) is 6.54 Å². The number of furan rings is 1. The number of halogens is 1. The number of aromatic nitrogens is 1. The molecule has 4 heteroatoms. The second kappa shape index (κ2) is 6.20. The Balaban J connectivity index is 1.60. The van der Waals surface area contributed by atoms with Crippen LogP contribution in [0.3, 0.4) is 0 Å². The van der Waals surface area contributed by atoms with Gasteiger partial charge < -0.3 is 9.73 Å². The van der Waals surface area contributed by atoms with Gasteiger partial charge in [0, 0.05) is 34.6 Å². The second-order valence-electron chi connectivity index (χ2n) is 6.48. The number of hydrogen-bond donors (Lipinski definition) is 1. The first-order chi connectivity index (χ1) is 12.8. The van der Waals surface area contributed by atoms with E-state index in [9.17, 15) is 0 Å². The summed E-state index contributed by atoms with van der Waals surface area (Å²) < 4.78 is 8.40. The molecule has 5 rings (SSSR count). The Morgan fingerprint density at radius 1 is 0.962 bits per heavy atom. The number of nitrogens with zero attached hydrogens (tertiary/aromatic N) is 1. The maximum Gasteiger partial charge on any atom is 0.209 e. The highest BCUT2D eigenvalue weighted by molar-refractivity contribution is 6.30. The van der Waals surface area contributed by atoms with Crippen LogP contribution in [0.25, 0.3) is 17.2 Å². The molecule has 0 fully saturated rings. The van der Waals surface area contributed by atoms with Crippen LogP contribution in [0.1, 0.15) is 22.9 Å². The molecule has 2 aromatic heterocycles. The molecule has 1 atom stereocenters. The lowest BCUT2D eigenvalue weighted by Gasteiger charge is -2.18. The topological polar surface area (TPSA) is 30.1 Å². The van der Waals surface area contributed by atoms with Gasteiger partial charge in [-0.15, -0.1) is 0 Å². The van der Waals surface area contributed by atoms with Gasteiger partial charge in [0.05, 0.1) is 6.04 Å². The molecule has 0 spiro atoms. The van der Waals surface area contributed by atoms with Gasteiger partial charge in [-0.1, -0.05) is 54.1 Å². The first-order valence-corrected chi connectivity index (χ1v) is 9.02. The van der Waals surface area contributed by atoms with E-state index >= 15 is 0 Å². The Morgan fingerprint density at radius 3 is 2.58 bits per heavy atom. The van der Waals surface area contributed by atoms with Crippen LogP contribution < -0.4 is 5.32 Å². The van der Waals surface area contributed by atoms with Crippen molar-refractivity contribution in [2.24, 2.45) is 0 Å². The van der Waals surface area contributed by atoms with Crippen LogP contribution in [0, 0.1) is 0 Å². The zero-order chi connectivity index (χ0) is 17.5. The number of fused-ring (bicyclic) bond motifs is 3. The van der Waals surface area contributed by atoms with Crippen LogP contribution in [-0.4, -0.2) is 4.57 Å². The minimum absolute atomic E-state index is 0.0880. The monoisotopic (exact) mass is 360 g/mol. The van der Waals surface area contributed by atoms with Crippen molar-refractivity contribution in [1.29, 1.82) is 0 Å². The lowest BCUT2D eigenvalue weighted by atomic mass is 10.0. The zero-order valence-corrected chi connectivity index (χ0v) is 14.8. The molecule has 2 aromatic carbocycles. The first kappa shape index (κ1) is 15.5. The lowest BCUT2D eigenvalue weighted by Crippen LogP contribution is -2.21. The summed E-state index contributed by atoms with van der Waals surface area (Å²) in [6, 6.07) is 24.6. The maximum atomic E-state index is 6.26. The van der Waals surface area contributed by atoms with Crippen molar-refractivity contribution in [2.75, 3.05) is 0 Å². The van der Waals surface area contributed by atoms with E-state index in [1.807, 2.05) is 30.3 Å². The van der Waals surface area contributed by atoms with Gasteiger partial charge in [-0.25, -0.2) is 0 Å². The van der Waals surface area contributed by atoms with Crippen molar-refractivity contribution in [3.05, 3.63) is 101 Å². The van der Waals surface area contributed by atoms with Crippen LogP contribution >= 0.6 is 11.6 Å². The van der Waals surface area contributed by atoms with E-state index in [0.717, 1.165) is 40.0 Å². The minimum Gasteiger partial charge on any atom is -0.439 e. The molecule has 128 valence electrons. The third-order valence-electron chi connectivity index (χ3n) is 4.84. The minimum atomic E-state index is 0.0880. The summed E-state index contributed by atoms with van der Waals surface area (Å²) in [4.78, 5) is 0. The fourth-order valence-corrected chi connectivity index (χ4v) is 3.70. The average Bonchev–Trinajstić information content (AvgIpc) is 3.29. The molecular formula is C22H17ClN2O. The Labute approximate surface area is 156 Å². The smallest absolute Gasteiger partial charge is 0.209 e. The normalized spacial score (nSPS) is 16.0. The van der Waals surface area contributed by atoms with E-state index in [-0.39, 0.29) is 6.04 Å². The Morgan fingerprint density at radius 2 is 1.77 bits per heavy atom. The molecule has 26 heavy (non-hydrogen) atoms. The molecule has 0 saturated carbocycles. The van der Waals surface area contributed by atoms with Gasteiger partial charge in [0.25, 0.3) is 0 Å². The van der Waals surface area contributed by atoms with Gasteiger partial charge in [-0.3, -0.25) is 4.57 Å². The molecule has 3 heterocycles. The SMILES string of the molecule is Clc1ccc(C2NCc3cc(-c4ccccc4)oc3-n3cccc32)cc1. The molecule has 0 aliphatic carbocycles. The fourth-order valence-electron chi connectivity index (χ4n) is 3.57. The molecular weight excluding hydrogens is 344 g/mol. The van der Waals surface area contributed by atoms with Gasteiger partial charge >= 0.3 is 0 Å². The predicted octanol–water partition coefficient (Wildman–Crippen LogP) is 5.58. The highest BCUT2D eigenvalue weighted by Gasteiger charge is 2.25. The number of benzene rings is 2. The molecule has 3 nitrogen and oxygen atoms in total. The van der Waals surface area contributed by atoms with E-state index in [1.165, 1.54) is 5.56 Å². The predicted molar refractivity (Wildman–Crippen MR) is 104 cm³/mol. The van der Waals surface area contributed by atoms with E-state index in [1.54, 1.807) is 0 Å². The van der Waals surface area contributed by atoms with Crippen molar-refractivity contribution in [3.8, 4) is 17.2 Å². The largest absolute Gasteiger partial charge is 0.439 e. The first-order valence-electron chi connectivity index (χ1n) is 8.64. The van der Waals surface area contributed by atoms with Crippen LogP contribution in [0.2, 0.25) is 5.02 Å². The van der Waals surface area contributed by atoms with Crippen LogP contribution in [0.15, 0.2) is 83.4 Å². The molecule has 0 bridgehead atoms. The lowest BCUT2D eigenvalue weighted by molar-refractivity contribution is 0.543. The Kier molecular flexibility index (Phi) is 3.70. The highest BCUT2D eigenvalue weighted by atomic mass is 35.5. The van der Waals surface area contributed by atoms with Gasteiger partial charge in [-0.05, 0) is 35.9 Å². The summed E-state index contributed by atoms with van der Waals surface area (Å²) in [5.74, 6) is 1.77. The van der Waals surface area contributed by atoms with Crippen LogP contribution in [0.5, 0.6) is 0 Å². The molecule has 0 radical (unpaired) electrons. The third-order valence-corrected chi connectivity index (χ3v) is 5.09. The van der Waals surface area contributed by atoms with Crippen molar-refractivity contribution in [3.63, 3.8) is 0 Å². The van der Waals surface area contributed by atoms with E-state index in [2.05, 4.69) is 58.5 Å². The number of rotatable bonds is 2. The second-order valence-corrected chi connectivity index (χ2v) is 6.91. The van der Waals surface area contributed by atoms with E-state index in [4.69, 9.17) is 16.0 Å². The van der Waals surface area contributed by atoms with Crippen molar-refractivity contribution in [1.82, 2.24) is 9.88 Å². The third kappa shape index (κ3) is 2.57. The Hall–Kier alpha value is -2.75. The molecule has 0 saturated heterocycles. The Bertz CT molecular complexity index is 1050.